The van der Waals surface area contributed by atoms with E-state index in [1.54, 1.807) is 17.4 Å². The second kappa shape index (κ2) is 5.15. The van der Waals surface area contributed by atoms with Crippen LogP contribution in [0.2, 0.25) is 0 Å². The highest BCUT2D eigenvalue weighted by atomic mass is 32.1. The van der Waals surface area contributed by atoms with Crippen molar-refractivity contribution in [1.29, 1.82) is 0 Å². The van der Waals surface area contributed by atoms with Gasteiger partial charge in [0.15, 0.2) is 11.4 Å². The number of halogens is 1. The van der Waals surface area contributed by atoms with E-state index in [4.69, 9.17) is 4.42 Å². The Hall–Kier alpha value is -1.65. The molecule has 0 fully saturated rings. The van der Waals surface area contributed by atoms with Gasteiger partial charge in [0.05, 0.1) is 6.04 Å². The molecule has 98 valence electrons. The van der Waals surface area contributed by atoms with Crippen LogP contribution in [-0.2, 0) is 6.42 Å². The van der Waals surface area contributed by atoms with E-state index in [2.05, 4.69) is 16.8 Å². The molecule has 0 aliphatic rings. The lowest BCUT2D eigenvalue weighted by Crippen LogP contribution is -2.17. The molecule has 1 N–H and O–H groups in total. The zero-order valence-electron chi connectivity index (χ0n) is 10.5. The number of rotatable bonds is 4. The number of hydrogen-bond acceptors (Lipinski definition) is 3. The van der Waals surface area contributed by atoms with Gasteiger partial charge in [-0.15, -0.1) is 11.3 Å². The monoisotopic (exact) mass is 275 g/mol. The molecule has 0 amide bonds. The van der Waals surface area contributed by atoms with Crippen LogP contribution < -0.4 is 5.32 Å². The lowest BCUT2D eigenvalue weighted by Gasteiger charge is -2.11. The minimum Gasteiger partial charge on any atom is -0.456 e. The molecule has 1 aromatic carbocycles. The van der Waals surface area contributed by atoms with E-state index in [0.717, 1.165) is 17.6 Å². The molecule has 4 heteroatoms. The molecule has 0 radical (unpaired) electrons. The summed E-state index contributed by atoms with van der Waals surface area (Å²) in [5.41, 5.74) is 0.337. The summed E-state index contributed by atoms with van der Waals surface area (Å²) in [7, 11) is 1.89. The molecule has 0 bridgehead atoms. The predicted octanol–water partition coefficient (Wildman–Crippen LogP) is 4.14. The van der Waals surface area contributed by atoms with Crippen LogP contribution in [0, 0.1) is 5.82 Å². The van der Waals surface area contributed by atoms with Crippen LogP contribution >= 0.6 is 11.3 Å². The van der Waals surface area contributed by atoms with E-state index in [-0.39, 0.29) is 11.9 Å². The third kappa shape index (κ3) is 2.41. The van der Waals surface area contributed by atoms with E-state index in [1.165, 1.54) is 10.9 Å². The summed E-state index contributed by atoms with van der Waals surface area (Å²) < 4.78 is 19.3. The Balaban J connectivity index is 1.95. The van der Waals surface area contributed by atoms with Crippen LogP contribution in [0.5, 0.6) is 0 Å². The van der Waals surface area contributed by atoms with Gasteiger partial charge in [-0.1, -0.05) is 18.2 Å². The molecule has 0 saturated carbocycles. The predicted molar refractivity (Wildman–Crippen MR) is 76.0 cm³/mol. The number of furan rings is 1. The normalized spacial score (nSPS) is 12.9. The third-order valence-corrected chi connectivity index (χ3v) is 4.09. The lowest BCUT2D eigenvalue weighted by molar-refractivity contribution is 0.443. The minimum atomic E-state index is -0.310. The van der Waals surface area contributed by atoms with E-state index in [9.17, 15) is 4.39 Å². The zero-order chi connectivity index (χ0) is 13.2. The summed E-state index contributed by atoms with van der Waals surface area (Å²) in [6.45, 7) is 0. The van der Waals surface area contributed by atoms with Gasteiger partial charge >= 0.3 is 0 Å². The molecule has 0 spiro atoms. The van der Waals surface area contributed by atoms with Crippen molar-refractivity contribution < 1.29 is 8.81 Å². The maximum Gasteiger partial charge on any atom is 0.169 e. The zero-order valence-corrected chi connectivity index (χ0v) is 11.3. The van der Waals surface area contributed by atoms with Crippen LogP contribution in [0.3, 0.4) is 0 Å². The first kappa shape index (κ1) is 12.4. The largest absolute Gasteiger partial charge is 0.456 e. The first-order valence-electron chi connectivity index (χ1n) is 6.15. The number of fused-ring (bicyclic) bond motifs is 1. The Bertz CT molecular complexity index is 675. The van der Waals surface area contributed by atoms with Gasteiger partial charge in [-0.2, -0.15) is 0 Å². The summed E-state index contributed by atoms with van der Waals surface area (Å²) in [5, 5.41) is 6.09. The van der Waals surface area contributed by atoms with Gasteiger partial charge in [-0.05, 0) is 30.6 Å². The Kier molecular flexibility index (Phi) is 3.36. The molecule has 2 heterocycles. The smallest absolute Gasteiger partial charge is 0.169 e. The van der Waals surface area contributed by atoms with E-state index < -0.39 is 0 Å². The molecule has 1 atom stereocenters. The second-order valence-electron chi connectivity index (χ2n) is 4.43. The van der Waals surface area contributed by atoms with E-state index in [0.29, 0.717) is 5.58 Å². The quantitative estimate of drug-likeness (QED) is 0.774. The number of benzene rings is 1. The molecule has 3 aromatic rings. The van der Waals surface area contributed by atoms with Gasteiger partial charge in [0, 0.05) is 16.7 Å². The van der Waals surface area contributed by atoms with Crippen molar-refractivity contribution in [3.05, 3.63) is 58.2 Å². The molecule has 0 saturated heterocycles. The maximum atomic E-state index is 13.6. The van der Waals surface area contributed by atoms with Gasteiger partial charge in [0.2, 0.25) is 0 Å². The molecule has 2 aromatic heterocycles. The molecule has 1 unspecified atom stereocenters. The number of nitrogens with one attached hydrogen (secondary N) is 1. The summed E-state index contributed by atoms with van der Waals surface area (Å²) in [4.78, 5) is 1.28. The van der Waals surface area contributed by atoms with Crippen molar-refractivity contribution >= 4 is 22.3 Å². The van der Waals surface area contributed by atoms with Crippen molar-refractivity contribution in [3.8, 4) is 0 Å². The van der Waals surface area contributed by atoms with Crippen molar-refractivity contribution in [2.75, 3.05) is 7.05 Å². The number of hydrogen-bond donors (Lipinski definition) is 1. The first-order chi connectivity index (χ1) is 9.28. The summed E-state index contributed by atoms with van der Waals surface area (Å²) in [6, 6.07) is 11.1. The van der Waals surface area contributed by atoms with Crippen LogP contribution in [0.1, 0.15) is 16.7 Å². The van der Waals surface area contributed by atoms with Crippen LogP contribution in [0.15, 0.2) is 46.2 Å². The summed E-state index contributed by atoms with van der Waals surface area (Å²) >= 11 is 1.72. The highest BCUT2D eigenvalue weighted by Gasteiger charge is 2.17. The van der Waals surface area contributed by atoms with E-state index in [1.807, 2.05) is 25.2 Å². The number of para-hydroxylation sites is 1. The van der Waals surface area contributed by atoms with Gasteiger partial charge < -0.3 is 9.73 Å². The highest BCUT2D eigenvalue weighted by Crippen LogP contribution is 2.28. The molecule has 19 heavy (non-hydrogen) atoms. The molecule has 2 nitrogen and oxygen atoms in total. The second-order valence-corrected chi connectivity index (χ2v) is 5.46. The van der Waals surface area contributed by atoms with E-state index >= 15 is 0 Å². The Morgan fingerprint density at radius 3 is 2.89 bits per heavy atom. The molecule has 3 rings (SSSR count). The fraction of sp³-hybridized carbons (Fsp3) is 0.200. The molecule has 0 aliphatic carbocycles. The Morgan fingerprint density at radius 1 is 1.32 bits per heavy atom. The molecule has 0 aliphatic heterocycles. The van der Waals surface area contributed by atoms with Crippen LogP contribution in [0.4, 0.5) is 4.39 Å². The maximum absolute atomic E-state index is 13.6. The lowest BCUT2D eigenvalue weighted by atomic mass is 10.1. The first-order valence-corrected chi connectivity index (χ1v) is 7.03. The Labute approximate surface area is 114 Å². The SMILES string of the molecule is CNC(Cc1cccs1)c1cc2cccc(F)c2o1. The third-order valence-electron chi connectivity index (χ3n) is 3.19. The van der Waals surface area contributed by atoms with Crippen LogP contribution in [-0.4, -0.2) is 7.05 Å². The van der Waals surface area contributed by atoms with Gasteiger partial charge in [-0.3, -0.25) is 0 Å². The Morgan fingerprint density at radius 2 is 2.21 bits per heavy atom. The van der Waals surface area contributed by atoms with Gasteiger partial charge in [-0.25, -0.2) is 4.39 Å². The van der Waals surface area contributed by atoms with Crippen LogP contribution in [0.25, 0.3) is 11.0 Å². The average Bonchev–Trinajstić information content (AvgIpc) is 3.05. The fourth-order valence-electron chi connectivity index (χ4n) is 2.19. The van der Waals surface area contributed by atoms with Gasteiger partial charge in [0.1, 0.15) is 5.76 Å². The summed E-state index contributed by atoms with van der Waals surface area (Å²) in [5.74, 6) is 0.464. The average molecular weight is 275 g/mol. The molecular formula is C15H14FNOS. The topological polar surface area (TPSA) is 25.2 Å². The van der Waals surface area contributed by atoms with Crippen molar-refractivity contribution in [3.63, 3.8) is 0 Å². The summed E-state index contributed by atoms with van der Waals surface area (Å²) in [6.07, 6.45) is 0.843. The fourth-order valence-corrected chi connectivity index (χ4v) is 2.95. The van der Waals surface area contributed by atoms with Gasteiger partial charge in [0.25, 0.3) is 0 Å². The highest BCUT2D eigenvalue weighted by molar-refractivity contribution is 7.09. The van der Waals surface area contributed by atoms with Crippen molar-refractivity contribution in [2.24, 2.45) is 0 Å². The minimum absolute atomic E-state index is 0.0606. The number of likely N-dealkylation sites (N-methyl/N-ethyl adjacent to an activating group) is 1. The molecular weight excluding hydrogens is 261 g/mol. The van der Waals surface area contributed by atoms with Crippen molar-refractivity contribution in [1.82, 2.24) is 5.32 Å². The standard InChI is InChI=1S/C15H14FNOS/c1-17-13(9-11-5-3-7-19-11)14-8-10-4-2-6-12(16)15(10)18-14/h2-8,13,17H,9H2,1H3. The number of thiophene rings is 1. The van der Waals surface area contributed by atoms with Crippen molar-refractivity contribution in [2.45, 2.75) is 12.5 Å².